The van der Waals surface area contributed by atoms with Gasteiger partial charge in [-0.3, -0.25) is 23.7 Å². The number of hydrogen-bond acceptors (Lipinski definition) is 5. The minimum atomic E-state index is -0.0600. The Morgan fingerprint density at radius 2 is 2.00 bits per heavy atom. The lowest BCUT2D eigenvalue weighted by Gasteiger charge is -2.29. The zero-order valence-corrected chi connectivity index (χ0v) is 15.2. The standard InChI is InChI=1S/C17H21ClN6O2/c18-13-8-19-23(9-13)12-17(26)22-5-6-24-15(11-22)20-14(7-16(24)25)10-21-3-1-2-4-21/h7-9H,1-6,10-12H2. The average Bonchev–Trinajstić information content (AvgIpc) is 3.26. The molecular formula is C17H21ClN6O2. The van der Waals surface area contributed by atoms with Gasteiger partial charge in [0.25, 0.3) is 5.56 Å². The van der Waals surface area contributed by atoms with Crippen LogP contribution in [0.1, 0.15) is 24.4 Å². The van der Waals surface area contributed by atoms with Crippen LogP contribution in [0.25, 0.3) is 0 Å². The maximum absolute atomic E-state index is 12.5. The Kier molecular flexibility index (Phi) is 4.78. The summed E-state index contributed by atoms with van der Waals surface area (Å²) in [6.07, 6.45) is 5.52. The molecule has 0 atom stereocenters. The van der Waals surface area contributed by atoms with E-state index in [1.54, 1.807) is 21.7 Å². The van der Waals surface area contributed by atoms with Gasteiger partial charge in [-0.15, -0.1) is 0 Å². The average molecular weight is 377 g/mol. The summed E-state index contributed by atoms with van der Waals surface area (Å²) in [5.74, 6) is 0.597. The number of hydrogen-bond donors (Lipinski definition) is 0. The van der Waals surface area contributed by atoms with Crippen molar-refractivity contribution in [1.29, 1.82) is 0 Å². The maximum atomic E-state index is 12.5. The molecule has 138 valence electrons. The summed E-state index contributed by atoms with van der Waals surface area (Å²) < 4.78 is 3.19. The molecule has 1 amide bonds. The van der Waals surface area contributed by atoms with Crippen LogP contribution in [0, 0.1) is 0 Å². The van der Waals surface area contributed by atoms with Gasteiger partial charge in [0.05, 0.1) is 23.5 Å². The SMILES string of the molecule is O=C(Cn1cc(Cl)cn1)N1CCn2c(nc(CN3CCCC3)cc2=O)C1. The Bertz CT molecular complexity index is 870. The van der Waals surface area contributed by atoms with E-state index in [-0.39, 0.29) is 18.0 Å². The summed E-state index contributed by atoms with van der Waals surface area (Å²) in [6, 6.07) is 1.63. The predicted octanol–water partition coefficient (Wildman–Crippen LogP) is 0.731. The van der Waals surface area contributed by atoms with E-state index in [2.05, 4.69) is 15.0 Å². The van der Waals surface area contributed by atoms with Crippen LogP contribution < -0.4 is 5.56 Å². The van der Waals surface area contributed by atoms with Crippen LogP contribution in [0.3, 0.4) is 0 Å². The maximum Gasteiger partial charge on any atom is 0.253 e. The smallest absolute Gasteiger partial charge is 0.253 e. The number of likely N-dealkylation sites (tertiary alicyclic amines) is 1. The molecule has 0 spiro atoms. The predicted molar refractivity (Wildman–Crippen MR) is 95.7 cm³/mol. The largest absolute Gasteiger partial charge is 0.332 e. The summed E-state index contributed by atoms with van der Waals surface area (Å²) in [5.41, 5.74) is 0.756. The van der Waals surface area contributed by atoms with Crippen LogP contribution in [0.2, 0.25) is 5.02 Å². The van der Waals surface area contributed by atoms with Crippen molar-refractivity contribution >= 4 is 17.5 Å². The zero-order chi connectivity index (χ0) is 18.1. The fraction of sp³-hybridized carbons (Fsp3) is 0.529. The summed E-state index contributed by atoms with van der Waals surface area (Å²) in [4.78, 5) is 33.6. The van der Waals surface area contributed by atoms with Gasteiger partial charge in [0, 0.05) is 31.9 Å². The minimum Gasteiger partial charge on any atom is -0.332 e. The van der Waals surface area contributed by atoms with E-state index in [0.717, 1.165) is 18.8 Å². The molecule has 0 aliphatic carbocycles. The lowest BCUT2D eigenvalue weighted by atomic mass is 10.3. The molecule has 26 heavy (non-hydrogen) atoms. The lowest BCUT2D eigenvalue weighted by Crippen LogP contribution is -2.44. The Morgan fingerprint density at radius 3 is 2.73 bits per heavy atom. The fourth-order valence-electron chi connectivity index (χ4n) is 3.56. The molecule has 9 heteroatoms. The van der Waals surface area contributed by atoms with Crippen molar-refractivity contribution in [3.05, 3.63) is 45.4 Å². The molecule has 0 saturated carbocycles. The molecule has 2 aliphatic rings. The number of carbonyl (C=O) groups excluding carboxylic acids is 1. The molecular weight excluding hydrogens is 356 g/mol. The molecule has 2 aromatic rings. The number of fused-ring (bicyclic) bond motifs is 1. The van der Waals surface area contributed by atoms with Crippen LogP contribution in [0.4, 0.5) is 0 Å². The molecule has 4 rings (SSSR count). The number of halogens is 1. The quantitative estimate of drug-likeness (QED) is 0.786. The highest BCUT2D eigenvalue weighted by Crippen LogP contribution is 2.14. The highest BCUT2D eigenvalue weighted by Gasteiger charge is 2.24. The highest BCUT2D eigenvalue weighted by molar-refractivity contribution is 6.30. The zero-order valence-electron chi connectivity index (χ0n) is 14.5. The third-order valence-corrected chi connectivity index (χ3v) is 5.10. The van der Waals surface area contributed by atoms with Crippen LogP contribution in [0.5, 0.6) is 0 Å². The number of aromatic nitrogens is 4. The third-order valence-electron chi connectivity index (χ3n) is 4.90. The molecule has 0 radical (unpaired) electrons. The van der Waals surface area contributed by atoms with Crippen LogP contribution in [0.15, 0.2) is 23.3 Å². The number of carbonyl (C=O) groups is 1. The van der Waals surface area contributed by atoms with Crippen LogP contribution in [-0.4, -0.2) is 54.7 Å². The van der Waals surface area contributed by atoms with Crippen LogP contribution in [-0.2, 0) is 31.0 Å². The van der Waals surface area contributed by atoms with E-state index in [4.69, 9.17) is 11.6 Å². The highest BCUT2D eigenvalue weighted by atomic mass is 35.5. The van der Waals surface area contributed by atoms with Crippen LogP contribution >= 0.6 is 11.6 Å². The van der Waals surface area contributed by atoms with Gasteiger partial charge in [0.2, 0.25) is 5.91 Å². The fourth-order valence-corrected chi connectivity index (χ4v) is 3.72. The Balaban J connectivity index is 1.48. The van der Waals surface area contributed by atoms with Gasteiger partial charge in [0.15, 0.2) is 0 Å². The first-order valence-corrected chi connectivity index (χ1v) is 9.24. The molecule has 1 saturated heterocycles. The van der Waals surface area contributed by atoms with Crippen molar-refractivity contribution in [1.82, 2.24) is 29.1 Å². The number of amides is 1. The second kappa shape index (κ2) is 7.20. The van der Waals surface area contributed by atoms with Gasteiger partial charge in [-0.05, 0) is 25.9 Å². The van der Waals surface area contributed by atoms with Gasteiger partial charge in [0.1, 0.15) is 12.4 Å². The number of rotatable bonds is 4. The van der Waals surface area contributed by atoms with Crippen molar-refractivity contribution in [3.63, 3.8) is 0 Å². The van der Waals surface area contributed by atoms with E-state index < -0.39 is 0 Å². The van der Waals surface area contributed by atoms with Gasteiger partial charge in [-0.25, -0.2) is 4.98 Å². The summed E-state index contributed by atoms with van der Waals surface area (Å²) >= 11 is 5.84. The molecule has 4 heterocycles. The molecule has 0 aromatic carbocycles. The molecule has 8 nitrogen and oxygen atoms in total. The Morgan fingerprint density at radius 1 is 1.19 bits per heavy atom. The second-order valence-electron chi connectivity index (χ2n) is 6.81. The van der Waals surface area contributed by atoms with Gasteiger partial charge in [-0.2, -0.15) is 5.10 Å². The number of nitrogens with zero attached hydrogens (tertiary/aromatic N) is 6. The molecule has 0 bridgehead atoms. The molecule has 1 fully saturated rings. The first-order valence-electron chi connectivity index (χ1n) is 8.86. The molecule has 0 N–H and O–H groups in total. The first kappa shape index (κ1) is 17.2. The van der Waals surface area contributed by atoms with E-state index >= 15 is 0 Å². The summed E-state index contributed by atoms with van der Waals surface area (Å²) in [6.45, 7) is 4.24. The van der Waals surface area contributed by atoms with Gasteiger partial charge < -0.3 is 4.90 Å². The van der Waals surface area contributed by atoms with Gasteiger partial charge in [-0.1, -0.05) is 11.6 Å². The molecule has 2 aliphatic heterocycles. The minimum absolute atomic E-state index is 0.0323. The van der Waals surface area contributed by atoms with Crippen molar-refractivity contribution < 1.29 is 4.79 Å². The summed E-state index contributed by atoms with van der Waals surface area (Å²) in [7, 11) is 0. The lowest BCUT2D eigenvalue weighted by molar-refractivity contribution is -0.133. The second-order valence-corrected chi connectivity index (χ2v) is 7.24. The van der Waals surface area contributed by atoms with Crippen molar-refractivity contribution in [2.24, 2.45) is 0 Å². The van der Waals surface area contributed by atoms with Crippen molar-refractivity contribution in [2.75, 3.05) is 19.6 Å². The topological polar surface area (TPSA) is 76.3 Å². The van der Waals surface area contributed by atoms with Crippen molar-refractivity contribution in [2.45, 2.75) is 39.0 Å². The third kappa shape index (κ3) is 3.66. The van der Waals surface area contributed by atoms with Crippen molar-refractivity contribution in [3.8, 4) is 0 Å². The van der Waals surface area contributed by atoms with E-state index in [1.165, 1.54) is 23.7 Å². The summed E-state index contributed by atoms with van der Waals surface area (Å²) in [5, 5.41) is 4.54. The normalized spacial score (nSPS) is 17.5. The Labute approximate surface area is 156 Å². The van der Waals surface area contributed by atoms with E-state index in [9.17, 15) is 9.59 Å². The molecule has 2 aromatic heterocycles. The van der Waals surface area contributed by atoms with E-state index in [1.807, 2.05) is 0 Å². The Hall–Kier alpha value is -2.19. The first-order chi connectivity index (χ1) is 12.6. The molecule has 0 unspecified atom stereocenters. The van der Waals surface area contributed by atoms with Gasteiger partial charge >= 0.3 is 0 Å². The monoisotopic (exact) mass is 376 g/mol. The van der Waals surface area contributed by atoms with E-state index in [0.29, 0.717) is 37.0 Å².